The fourth-order valence-corrected chi connectivity index (χ4v) is 12.3. The number of benzene rings is 3. The average molecular weight is 984 g/mol. The van der Waals surface area contributed by atoms with Crippen LogP contribution in [0.5, 0.6) is 11.5 Å². The van der Waals surface area contributed by atoms with Crippen molar-refractivity contribution in [2.24, 2.45) is 0 Å². The van der Waals surface area contributed by atoms with Gasteiger partial charge in [-0.05, 0) is 129 Å². The van der Waals surface area contributed by atoms with E-state index in [-0.39, 0.29) is 0 Å². The van der Waals surface area contributed by atoms with Crippen LogP contribution >= 0.6 is 7.60 Å². The highest BCUT2D eigenvalue weighted by molar-refractivity contribution is 7.63. The van der Waals surface area contributed by atoms with E-state index in [1.807, 2.05) is 0 Å². The first-order valence-corrected chi connectivity index (χ1v) is 32.3. The fraction of sp³-hybridized carbons (Fsp3) is 0.727. The molecule has 0 fully saturated rings. The third-order valence-electron chi connectivity index (χ3n) is 15.0. The largest absolute Gasteiger partial charge is 0.463 e. The summed E-state index contributed by atoms with van der Waals surface area (Å²) < 4.78 is 31.0. The van der Waals surface area contributed by atoms with Gasteiger partial charge in [-0.3, -0.25) is 0 Å². The third-order valence-corrected chi connectivity index (χ3v) is 16.9. The average Bonchev–Trinajstić information content (AvgIpc) is 3.36. The van der Waals surface area contributed by atoms with E-state index in [4.69, 9.17) is 9.05 Å². The summed E-state index contributed by atoms with van der Waals surface area (Å²) >= 11 is 0. The second-order valence-electron chi connectivity index (χ2n) is 21.6. The Bertz CT molecular complexity index is 1680. The van der Waals surface area contributed by atoms with Crippen LogP contribution in [0.3, 0.4) is 0 Å². The van der Waals surface area contributed by atoms with Crippen molar-refractivity contribution in [3.05, 3.63) is 88.0 Å². The van der Waals surface area contributed by atoms with Crippen LogP contribution in [0.15, 0.2) is 54.6 Å². The molecule has 3 aromatic carbocycles. The van der Waals surface area contributed by atoms with E-state index >= 15 is 4.57 Å². The van der Waals surface area contributed by atoms with E-state index in [2.05, 4.69) is 96.1 Å². The lowest BCUT2D eigenvalue weighted by molar-refractivity contribution is 0.394. The van der Waals surface area contributed by atoms with Gasteiger partial charge in [0.05, 0.1) is 5.30 Å². The first-order chi connectivity index (χ1) is 34.4. The van der Waals surface area contributed by atoms with Crippen molar-refractivity contribution in [2.45, 2.75) is 311 Å². The van der Waals surface area contributed by atoms with E-state index in [1.165, 1.54) is 240 Å². The molecular formula is C66H111O3P. The molecule has 4 heteroatoms. The van der Waals surface area contributed by atoms with Crippen molar-refractivity contribution < 1.29 is 13.6 Å². The smallest absolute Gasteiger partial charge is 0.413 e. The van der Waals surface area contributed by atoms with Crippen molar-refractivity contribution in [3.63, 3.8) is 0 Å². The monoisotopic (exact) mass is 983 g/mol. The van der Waals surface area contributed by atoms with Gasteiger partial charge in [-0.15, -0.1) is 0 Å². The Morgan fingerprint density at radius 2 is 0.529 bits per heavy atom. The predicted molar refractivity (Wildman–Crippen MR) is 310 cm³/mol. The molecule has 0 aliphatic rings. The SMILES string of the molecule is CCCCCCCCc1ccc(OP(=O)(Oc2ccc(CCCCCCCC)cc2CCCCCCCC)c2ccc(CCCCCCCC)cc2CCCCCCCC)c(CCCCCCCC)c1. The van der Waals surface area contributed by atoms with Crippen LogP contribution < -0.4 is 14.4 Å². The van der Waals surface area contributed by atoms with Crippen LogP contribution in [0.2, 0.25) is 0 Å². The predicted octanol–water partition coefficient (Wildman–Crippen LogP) is 22.1. The van der Waals surface area contributed by atoms with Gasteiger partial charge in [0.25, 0.3) is 0 Å². The molecule has 0 spiro atoms. The fourth-order valence-electron chi connectivity index (χ4n) is 10.4. The molecule has 0 atom stereocenters. The summed E-state index contributed by atoms with van der Waals surface area (Å²) in [5.41, 5.74) is 7.67. The Hall–Kier alpha value is -2.51. The van der Waals surface area contributed by atoms with E-state index in [0.29, 0.717) is 0 Å². The zero-order valence-electron chi connectivity index (χ0n) is 47.1. The molecular weight excluding hydrogens is 872 g/mol. The van der Waals surface area contributed by atoms with Crippen LogP contribution in [0.4, 0.5) is 0 Å². The Morgan fingerprint density at radius 1 is 0.286 bits per heavy atom. The summed E-state index contributed by atoms with van der Waals surface area (Å²) in [5, 5.41) is 0.774. The molecule has 3 nitrogen and oxygen atoms in total. The maximum Gasteiger partial charge on any atom is 0.463 e. The molecule has 0 saturated heterocycles. The second-order valence-corrected chi connectivity index (χ2v) is 23.5. The molecule has 0 heterocycles. The molecule has 0 N–H and O–H groups in total. The van der Waals surface area contributed by atoms with Crippen molar-refractivity contribution >= 4 is 12.9 Å². The third kappa shape index (κ3) is 27.0. The van der Waals surface area contributed by atoms with Crippen molar-refractivity contribution in [2.75, 3.05) is 0 Å². The van der Waals surface area contributed by atoms with E-state index < -0.39 is 7.60 Å². The van der Waals surface area contributed by atoms with Gasteiger partial charge in [0.15, 0.2) is 0 Å². The lowest BCUT2D eigenvalue weighted by Crippen LogP contribution is -2.20. The molecule has 0 aliphatic carbocycles. The summed E-state index contributed by atoms with van der Waals surface area (Å²) in [7, 11) is -3.95. The minimum Gasteiger partial charge on any atom is -0.413 e. The topological polar surface area (TPSA) is 35.5 Å². The highest BCUT2D eigenvalue weighted by Crippen LogP contribution is 2.51. The van der Waals surface area contributed by atoms with Crippen LogP contribution in [0.25, 0.3) is 0 Å². The summed E-state index contributed by atoms with van der Waals surface area (Å²) in [6, 6.07) is 20.5. The molecule has 3 rings (SSSR count). The van der Waals surface area contributed by atoms with Gasteiger partial charge in [-0.25, -0.2) is 4.57 Å². The Morgan fingerprint density at radius 3 is 0.843 bits per heavy atom. The summed E-state index contributed by atoms with van der Waals surface area (Å²) in [4.78, 5) is 0. The minimum absolute atomic E-state index is 0.752. The number of hydrogen-bond donors (Lipinski definition) is 0. The zero-order valence-corrected chi connectivity index (χ0v) is 48.0. The van der Waals surface area contributed by atoms with Gasteiger partial charge < -0.3 is 9.05 Å². The van der Waals surface area contributed by atoms with E-state index in [9.17, 15) is 0 Å². The lowest BCUT2D eigenvalue weighted by Gasteiger charge is -2.26. The highest BCUT2D eigenvalue weighted by atomic mass is 31.2. The Labute approximate surface area is 435 Å². The summed E-state index contributed by atoms with van der Waals surface area (Å²) in [6.07, 6.45) is 51.6. The summed E-state index contributed by atoms with van der Waals surface area (Å²) in [6.45, 7) is 13.8. The van der Waals surface area contributed by atoms with Gasteiger partial charge in [0, 0.05) is 0 Å². The van der Waals surface area contributed by atoms with Gasteiger partial charge in [0.2, 0.25) is 0 Å². The highest BCUT2D eigenvalue weighted by Gasteiger charge is 2.35. The number of unbranched alkanes of at least 4 members (excludes halogenated alkanes) is 30. The molecule has 398 valence electrons. The number of hydrogen-bond acceptors (Lipinski definition) is 3. The first kappa shape index (κ1) is 61.8. The second kappa shape index (κ2) is 40.9. The van der Waals surface area contributed by atoms with Crippen LogP contribution in [0.1, 0.15) is 306 Å². The molecule has 0 saturated carbocycles. The maximum atomic E-state index is 16.5. The molecule has 0 amide bonds. The van der Waals surface area contributed by atoms with E-state index in [0.717, 1.165) is 80.2 Å². The lowest BCUT2D eigenvalue weighted by atomic mass is 9.99. The van der Waals surface area contributed by atoms with Crippen molar-refractivity contribution in [3.8, 4) is 11.5 Å². The van der Waals surface area contributed by atoms with E-state index in [1.54, 1.807) is 0 Å². The molecule has 0 aliphatic heterocycles. The molecule has 0 bridgehead atoms. The quantitative estimate of drug-likeness (QED) is 0.0418. The Kier molecular flexibility index (Phi) is 36.1. The van der Waals surface area contributed by atoms with Crippen molar-refractivity contribution in [1.29, 1.82) is 0 Å². The van der Waals surface area contributed by atoms with Gasteiger partial charge in [0.1, 0.15) is 11.5 Å². The van der Waals surface area contributed by atoms with Gasteiger partial charge >= 0.3 is 7.60 Å². The molecule has 0 aromatic heterocycles. The molecule has 70 heavy (non-hydrogen) atoms. The molecule has 0 unspecified atom stereocenters. The normalized spacial score (nSPS) is 11.7. The van der Waals surface area contributed by atoms with Gasteiger partial charge in [-0.1, -0.05) is 271 Å². The molecule has 3 aromatic rings. The zero-order chi connectivity index (χ0) is 50.2. The number of rotatable bonds is 47. The molecule has 0 radical (unpaired) electrons. The maximum absolute atomic E-state index is 16.5. The standard InChI is InChI=1S/C66H111O3P/c1-7-13-19-25-31-37-43-58-49-52-64(61(55-58)46-40-34-28-22-16-10-4)68-70(67,66-54-51-60(45-39-33-27-21-15-9-3)57-63(66)48-42-36-30-24-18-12-6)69-65-53-50-59(44-38-32-26-20-14-8-2)56-62(65)47-41-35-29-23-17-11-5/h49-57H,7-48H2,1-6H3. The van der Waals surface area contributed by atoms with Crippen LogP contribution in [0, 0.1) is 0 Å². The van der Waals surface area contributed by atoms with Gasteiger partial charge in [-0.2, -0.15) is 0 Å². The van der Waals surface area contributed by atoms with Crippen LogP contribution in [-0.2, 0) is 43.1 Å². The minimum atomic E-state index is -3.95. The van der Waals surface area contributed by atoms with Crippen molar-refractivity contribution in [1.82, 2.24) is 0 Å². The summed E-state index contributed by atoms with van der Waals surface area (Å²) in [5.74, 6) is 1.50. The Balaban J connectivity index is 2.12. The first-order valence-electron chi connectivity index (χ1n) is 30.8. The van der Waals surface area contributed by atoms with Crippen LogP contribution in [-0.4, -0.2) is 0 Å². The number of aryl methyl sites for hydroxylation is 6.